The third-order valence-corrected chi connectivity index (χ3v) is 6.03. The monoisotopic (exact) mass is 365 g/mol. The van der Waals surface area contributed by atoms with Gasteiger partial charge in [-0.25, -0.2) is 4.98 Å². The lowest BCUT2D eigenvalue weighted by molar-refractivity contribution is 0.103. The number of carbonyl (C=O) groups excluding carboxylic acids is 1. The molecule has 25 heavy (non-hydrogen) atoms. The maximum absolute atomic E-state index is 12.9. The molecule has 0 fully saturated rings. The number of hydrogen-bond acceptors (Lipinski definition) is 5. The summed E-state index contributed by atoms with van der Waals surface area (Å²) < 4.78 is 0. The van der Waals surface area contributed by atoms with Crippen LogP contribution in [0.25, 0.3) is 21.5 Å². The van der Waals surface area contributed by atoms with Crippen molar-refractivity contribution in [1.29, 1.82) is 0 Å². The van der Waals surface area contributed by atoms with E-state index in [4.69, 9.17) is 0 Å². The van der Waals surface area contributed by atoms with Crippen LogP contribution < -0.4 is 5.32 Å². The molecule has 0 bridgehead atoms. The number of aromatic nitrogens is 2. The first-order valence-electron chi connectivity index (χ1n) is 7.80. The third-order valence-electron chi connectivity index (χ3n) is 4.01. The molecule has 0 unspecified atom stereocenters. The molecule has 0 aliphatic carbocycles. The highest BCUT2D eigenvalue weighted by molar-refractivity contribution is 7.16. The molecule has 1 amide bonds. The number of nitrogens with zero attached hydrogens (tertiary/aromatic N) is 2. The number of thiophene rings is 1. The van der Waals surface area contributed by atoms with Crippen LogP contribution in [0.5, 0.6) is 0 Å². The van der Waals surface area contributed by atoms with Crippen LogP contribution in [0.1, 0.15) is 20.2 Å². The number of pyridine rings is 1. The second-order valence-electron chi connectivity index (χ2n) is 5.66. The van der Waals surface area contributed by atoms with E-state index in [-0.39, 0.29) is 5.91 Å². The van der Waals surface area contributed by atoms with Gasteiger partial charge in [0.1, 0.15) is 9.88 Å². The Bertz CT molecular complexity index is 1060. The summed E-state index contributed by atoms with van der Waals surface area (Å²) in [6.07, 6.45) is 1.73. The van der Waals surface area contributed by atoms with Crippen LogP contribution in [-0.2, 0) is 0 Å². The molecule has 0 spiro atoms. The van der Waals surface area contributed by atoms with E-state index in [9.17, 15) is 4.79 Å². The van der Waals surface area contributed by atoms with Gasteiger partial charge in [-0.1, -0.05) is 18.2 Å². The van der Waals surface area contributed by atoms with Crippen molar-refractivity contribution in [2.24, 2.45) is 0 Å². The van der Waals surface area contributed by atoms with Gasteiger partial charge < -0.3 is 5.32 Å². The van der Waals surface area contributed by atoms with Crippen LogP contribution in [0.15, 0.2) is 48.0 Å². The number of aryl methyl sites for hydroxylation is 2. The number of nitrogens with one attached hydrogen (secondary N) is 1. The lowest BCUT2D eigenvalue weighted by Gasteiger charge is -2.08. The number of fused-ring (bicyclic) bond motifs is 1. The molecule has 4 aromatic rings. The van der Waals surface area contributed by atoms with E-state index in [1.54, 1.807) is 17.5 Å². The minimum atomic E-state index is -0.131. The summed E-state index contributed by atoms with van der Waals surface area (Å²) in [6, 6.07) is 11.6. The van der Waals surface area contributed by atoms with Crippen molar-refractivity contribution in [2.45, 2.75) is 13.8 Å². The summed E-state index contributed by atoms with van der Waals surface area (Å²) in [5, 5.41) is 6.82. The maximum Gasteiger partial charge on any atom is 0.266 e. The van der Waals surface area contributed by atoms with E-state index < -0.39 is 0 Å². The summed E-state index contributed by atoms with van der Waals surface area (Å²) in [6.45, 7) is 4.04. The van der Waals surface area contributed by atoms with Crippen molar-refractivity contribution in [1.82, 2.24) is 9.97 Å². The van der Waals surface area contributed by atoms with E-state index in [0.717, 1.165) is 27.2 Å². The van der Waals surface area contributed by atoms with Gasteiger partial charge in [-0.3, -0.25) is 9.78 Å². The first kappa shape index (κ1) is 15.9. The van der Waals surface area contributed by atoms with Crippen LogP contribution in [0.4, 0.5) is 5.69 Å². The Balaban J connectivity index is 1.69. The van der Waals surface area contributed by atoms with E-state index >= 15 is 0 Å². The molecule has 0 aliphatic rings. The Hall–Kier alpha value is -2.57. The predicted molar refractivity (Wildman–Crippen MR) is 105 cm³/mol. The van der Waals surface area contributed by atoms with Crippen molar-refractivity contribution in [3.63, 3.8) is 0 Å². The lowest BCUT2D eigenvalue weighted by atomic mass is 10.2. The normalized spacial score (nSPS) is 11.0. The van der Waals surface area contributed by atoms with Crippen molar-refractivity contribution < 1.29 is 4.79 Å². The number of rotatable bonds is 3. The number of para-hydroxylation sites is 1. The van der Waals surface area contributed by atoms with Gasteiger partial charge >= 0.3 is 0 Å². The van der Waals surface area contributed by atoms with Gasteiger partial charge in [0.2, 0.25) is 0 Å². The standard InChI is InChI=1S/C19H15N3OS2/c1-11-12(2)25-19(21-11)14-8-10-24-17(14)18(23)22-15-7-3-5-13-6-4-9-20-16(13)15/h3-10H,1-2H3,(H,22,23). The zero-order valence-corrected chi connectivity index (χ0v) is 15.4. The minimum Gasteiger partial charge on any atom is -0.319 e. The Morgan fingerprint density at radius 3 is 2.76 bits per heavy atom. The highest BCUT2D eigenvalue weighted by atomic mass is 32.1. The fourth-order valence-corrected chi connectivity index (χ4v) is 4.43. The van der Waals surface area contributed by atoms with E-state index in [1.807, 2.05) is 55.6 Å². The third kappa shape index (κ3) is 2.94. The molecule has 3 aromatic heterocycles. The molecule has 6 heteroatoms. The fraction of sp³-hybridized carbons (Fsp3) is 0.105. The van der Waals surface area contributed by atoms with Crippen molar-refractivity contribution in [3.8, 4) is 10.6 Å². The predicted octanol–water partition coefficient (Wildman–Crippen LogP) is 5.29. The van der Waals surface area contributed by atoms with Gasteiger partial charge in [-0.05, 0) is 37.4 Å². The number of hydrogen-bond donors (Lipinski definition) is 1. The highest BCUT2D eigenvalue weighted by Gasteiger charge is 2.18. The Kier molecular flexibility index (Phi) is 4.07. The number of thiazole rings is 1. The number of benzene rings is 1. The zero-order chi connectivity index (χ0) is 17.4. The van der Waals surface area contributed by atoms with Gasteiger partial charge in [-0.15, -0.1) is 22.7 Å². The quantitative estimate of drug-likeness (QED) is 0.537. The molecule has 1 aromatic carbocycles. The van der Waals surface area contributed by atoms with Gasteiger partial charge in [0.15, 0.2) is 0 Å². The van der Waals surface area contributed by atoms with Crippen molar-refractivity contribution in [2.75, 3.05) is 5.32 Å². The average molecular weight is 365 g/mol. The first-order valence-corrected chi connectivity index (χ1v) is 9.50. The fourth-order valence-electron chi connectivity index (χ4n) is 2.63. The lowest BCUT2D eigenvalue weighted by Crippen LogP contribution is -2.11. The van der Waals surface area contributed by atoms with Gasteiger partial charge in [0.05, 0.1) is 16.9 Å². The Morgan fingerprint density at radius 1 is 1.12 bits per heavy atom. The van der Waals surface area contributed by atoms with Crippen LogP contribution in [0.2, 0.25) is 0 Å². The molecule has 0 radical (unpaired) electrons. The molecule has 3 heterocycles. The van der Waals surface area contributed by atoms with Crippen LogP contribution >= 0.6 is 22.7 Å². The summed E-state index contributed by atoms with van der Waals surface area (Å²) in [5.41, 5.74) is 3.40. The average Bonchev–Trinajstić information content (AvgIpc) is 3.22. The number of anilines is 1. The van der Waals surface area contributed by atoms with Crippen molar-refractivity contribution in [3.05, 3.63) is 63.4 Å². The summed E-state index contributed by atoms with van der Waals surface area (Å²) >= 11 is 3.04. The molecule has 4 nitrogen and oxygen atoms in total. The van der Waals surface area contributed by atoms with Crippen molar-refractivity contribution >= 4 is 45.2 Å². The van der Waals surface area contributed by atoms with E-state index in [0.29, 0.717) is 10.6 Å². The largest absolute Gasteiger partial charge is 0.319 e. The molecule has 0 atom stereocenters. The number of carbonyl (C=O) groups is 1. The van der Waals surface area contributed by atoms with Gasteiger partial charge in [0.25, 0.3) is 5.91 Å². The van der Waals surface area contributed by atoms with Gasteiger partial charge in [0, 0.05) is 22.0 Å². The summed E-state index contributed by atoms with van der Waals surface area (Å²) in [7, 11) is 0. The SMILES string of the molecule is Cc1nc(-c2ccsc2C(=O)Nc2cccc3cccnc23)sc1C. The molecule has 0 aliphatic heterocycles. The molecular formula is C19H15N3OS2. The van der Waals surface area contributed by atoms with E-state index in [2.05, 4.69) is 15.3 Å². The van der Waals surface area contributed by atoms with E-state index in [1.165, 1.54) is 16.2 Å². The topological polar surface area (TPSA) is 54.9 Å². The highest BCUT2D eigenvalue weighted by Crippen LogP contribution is 2.33. The van der Waals surface area contributed by atoms with Crippen LogP contribution in [0.3, 0.4) is 0 Å². The van der Waals surface area contributed by atoms with Gasteiger partial charge in [-0.2, -0.15) is 0 Å². The second-order valence-corrected chi connectivity index (χ2v) is 7.78. The smallest absolute Gasteiger partial charge is 0.266 e. The maximum atomic E-state index is 12.9. The number of amides is 1. The molecule has 124 valence electrons. The molecule has 0 saturated heterocycles. The summed E-state index contributed by atoms with van der Waals surface area (Å²) in [5.74, 6) is -0.131. The van der Waals surface area contributed by atoms with Crippen LogP contribution in [0, 0.1) is 13.8 Å². The zero-order valence-electron chi connectivity index (χ0n) is 13.7. The minimum absolute atomic E-state index is 0.131. The summed E-state index contributed by atoms with van der Waals surface area (Å²) in [4.78, 5) is 23.7. The first-order chi connectivity index (χ1) is 12.1. The van der Waals surface area contributed by atoms with Crippen LogP contribution in [-0.4, -0.2) is 15.9 Å². The molecule has 0 saturated carbocycles. The Morgan fingerprint density at radius 2 is 1.96 bits per heavy atom. The second kappa shape index (κ2) is 6.38. The molecular weight excluding hydrogens is 350 g/mol. The molecule has 1 N–H and O–H groups in total. The molecule has 4 rings (SSSR count). The Labute approximate surface area is 153 Å².